The zero-order valence-corrected chi connectivity index (χ0v) is 8.48. The van der Waals surface area contributed by atoms with E-state index in [4.69, 9.17) is 15.2 Å². The number of nitrogens with zero attached hydrogens (tertiary/aromatic N) is 2. The third-order valence-corrected chi connectivity index (χ3v) is 1.72. The second-order valence-electron chi connectivity index (χ2n) is 2.85. The van der Waals surface area contributed by atoms with Gasteiger partial charge in [0.05, 0.1) is 38.3 Å². The lowest BCUT2D eigenvalue weighted by Crippen LogP contribution is -2.16. The lowest BCUT2D eigenvalue weighted by Gasteiger charge is -2.09. The highest BCUT2D eigenvalue weighted by atomic mass is 16.6. The van der Waals surface area contributed by atoms with Gasteiger partial charge >= 0.3 is 0 Å². The number of anilines is 1. The lowest BCUT2D eigenvalue weighted by molar-refractivity contribution is -0.0334. The first-order valence-corrected chi connectivity index (χ1v) is 4.76. The van der Waals surface area contributed by atoms with E-state index >= 15 is 0 Å². The molecule has 0 unspecified atom stereocenters. The number of aromatic nitrogens is 2. The van der Waals surface area contributed by atoms with Crippen molar-refractivity contribution in [2.45, 2.75) is 13.5 Å². The molecule has 1 saturated heterocycles. The molecule has 1 aliphatic rings. The van der Waals surface area contributed by atoms with Crippen LogP contribution in [0.15, 0.2) is 12.4 Å². The van der Waals surface area contributed by atoms with Gasteiger partial charge < -0.3 is 15.2 Å². The van der Waals surface area contributed by atoms with Gasteiger partial charge in [-0.25, -0.2) is 0 Å². The second kappa shape index (κ2) is 6.39. The Morgan fingerprint density at radius 2 is 1.93 bits per heavy atom. The maximum Gasteiger partial charge on any atom is 0.0719 e. The molecule has 0 aromatic carbocycles. The van der Waals surface area contributed by atoms with E-state index in [9.17, 15) is 0 Å². The van der Waals surface area contributed by atoms with Crippen LogP contribution in [0, 0.1) is 0 Å². The number of nitrogen functional groups attached to an aromatic ring is 1. The fourth-order valence-electron chi connectivity index (χ4n) is 0.992. The molecule has 0 spiro atoms. The van der Waals surface area contributed by atoms with Crippen LogP contribution in [0.2, 0.25) is 0 Å². The van der Waals surface area contributed by atoms with Crippen LogP contribution < -0.4 is 5.73 Å². The molecule has 1 fully saturated rings. The van der Waals surface area contributed by atoms with E-state index in [2.05, 4.69) is 5.10 Å². The molecule has 5 nitrogen and oxygen atoms in total. The Hall–Kier alpha value is -1.07. The summed E-state index contributed by atoms with van der Waals surface area (Å²) in [6.07, 6.45) is 3.45. The molecule has 1 aromatic heterocycles. The van der Waals surface area contributed by atoms with Gasteiger partial charge in [-0.1, -0.05) is 0 Å². The zero-order valence-electron chi connectivity index (χ0n) is 8.48. The molecule has 14 heavy (non-hydrogen) atoms. The molecular formula is C9H17N3O2. The Labute approximate surface area is 83.8 Å². The number of hydrogen-bond acceptors (Lipinski definition) is 4. The van der Waals surface area contributed by atoms with E-state index in [1.54, 1.807) is 17.1 Å². The van der Waals surface area contributed by atoms with Gasteiger partial charge in [0.2, 0.25) is 0 Å². The molecule has 0 bridgehead atoms. The molecule has 1 aromatic rings. The van der Waals surface area contributed by atoms with Crippen LogP contribution in [-0.4, -0.2) is 36.2 Å². The van der Waals surface area contributed by atoms with Crippen molar-refractivity contribution < 1.29 is 9.47 Å². The van der Waals surface area contributed by atoms with Gasteiger partial charge in [-0.3, -0.25) is 4.68 Å². The summed E-state index contributed by atoms with van der Waals surface area (Å²) in [5.74, 6) is 0. The van der Waals surface area contributed by atoms with E-state index in [1.807, 2.05) is 6.92 Å². The van der Waals surface area contributed by atoms with Gasteiger partial charge in [-0.15, -0.1) is 0 Å². The molecule has 2 N–H and O–H groups in total. The van der Waals surface area contributed by atoms with Crippen molar-refractivity contribution in [2.24, 2.45) is 0 Å². The van der Waals surface area contributed by atoms with Crippen molar-refractivity contribution in [1.82, 2.24) is 9.78 Å². The minimum atomic E-state index is 0.729. The normalized spacial score (nSPS) is 15.8. The van der Waals surface area contributed by atoms with Crippen molar-refractivity contribution in [3.05, 3.63) is 12.4 Å². The van der Waals surface area contributed by atoms with Gasteiger partial charge in [0.25, 0.3) is 0 Å². The Kier molecular flexibility index (Phi) is 5.03. The lowest BCUT2D eigenvalue weighted by atomic mass is 10.6. The van der Waals surface area contributed by atoms with Crippen molar-refractivity contribution in [1.29, 1.82) is 0 Å². The standard InChI is InChI=1S/C5H9N3.C4H8O2/c1-2-8-4-5(6)3-7-8;1-2-6-4-3-5-1/h3-4H,2,6H2,1H3;1-4H2. The monoisotopic (exact) mass is 199 g/mol. The average molecular weight is 199 g/mol. The Bertz CT molecular complexity index is 234. The summed E-state index contributed by atoms with van der Waals surface area (Å²) >= 11 is 0. The van der Waals surface area contributed by atoms with Crippen LogP contribution in [0.5, 0.6) is 0 Å². The van der Waals surface area contributed by atoms with Gasteiger partial charge in [-0.2, -0.15) is 5.10 Å². The van der Waals surface area contributed by atoms with Crippen molar-refractivity contribution in [3.63, 3.8) is 0 Å². The summed E-state index contributed by atoms with van der Waals surface area (Å²) in [5, 5.41) is 3.93. The molecule has 5 heteroatoms. The largest absolute Gasteiger partial charge is 0.396 e. The number of rotatable bonds is 1. The number of nitrogens with two attached hydrogens (primary N) is 1. The third kappa shape index (κ3) is 4.25. The van der Waals surface area contributed by atoms with Crippen LogP contribution >= 0.6 is 0 Å². The number of ether oxygens (including phenoxy) is 2. The molecular weight excluding hydrogens is 182 g/mol. The Morgan fingerprint density at radius 3 is 2.14 bits per heavy atom. The summed E-state index contributed by atoms with van der Waals surface area (Å²) in [4.78, 5) is 0. The SMILES string of the molecule is C1COCCO1.CCn1cc(N)cn1. The highest BCUT2D eigenvalue weighted by molar-refractivity contribution is 5.30. The number of aryl methyl sites for hydroxylation is 1. The Balaban J connectivity index is 0.000000146. The number of hydrogen-bond donors (Lipinski definition) is 1. The van der Waals surface area contributed by atoms with Gasteiger partial charge in [0, 0.05) is 12.7 Å². The van der Waals surface area contributed by atoms with Gasteiger partial charge in [0.1, 0.15) is 0 Å². The molecule has 2 heterocycles. The first-order chi connectivity index (χ1) is 6.83. The summed E-state index contributed by atoms with van der Waals surface area (Å²) in [5.41, 5.74) is 6.10. The molecule has 2 rings (SSSR count). The van der Waals surface area contributed by atoms with Crippen LogP contribution in [0.4, 0.5) is 5.69 Å². The molecule has 0 amide bonds. The Morgan fingerprint density at radius 1 is 1.36 bits per heavy atom. The van der Waals surface area contributed by atoms with E-state index in [1.165, 1.54) is 0 Å². The van der Waals surface area contributed by atoms with Gasteiger partial charge in [0.15, 0.2) is 0 Å². The second-order valence-corrected chi connectivity index (χ2v) is 2.85. The first kappa shape index (κ1) is 11.0. The first-order valence-electron chi connectivity index (χ1n) is 4.76. The van der Waals surface area contributed by atoms with Crippen LogP contribution in [-0.2, 0) is 16.0 Å². The average Bonchev–Trinajstić information content (AvgIpc) is 2.68. The van der Waals surface area contributed by atoms with Gasteiger partial charge in [-0.05, 0) is 6.92 Å². The molecule has 0 atom stereocenters. The van der Waals surface area contributed by atoms with E-state index in [-0.39, 0.29) is 0 Å². The fourth-order valence-corrected chi connectivity index (χ4v) is 0.992. The van der Waals surface area contributed by atoms with Crippen molar-refractivity contribution in [2.75, 3.05) is 32.2 Å². The van der Waals surface area contributed by atoms with Crippen LogP contribution in [0.1, 0.15) is 6.92 Å². The highest BCUT2D eigenvalue weighted by Gasteiger charge is 1.94. The molecule has 0 aliphatic carbocycles. The van der Waals surface area contributed by atoms with Crippen LogP contribution in [0.25, 0.3) is 0 Å². The summed E-state index contributed by atoms with van der Waals surface area (Å²) in [6, 6.07) is 0. The van der Waals surface area contributed by atoms with Crippen molar-refractivity contribution >= 4 is 5.69 Å². The third-order valence-electron chi connectivity index (χ3n) is 1.72. The minimum absolute atomic E-state index is 0.729. The molecule has 1 aliphatic heterocycles. The predicted molar refractivity (Wildman–Crippen MR) is 54.0 cm³/mol. The van der Waals surface area contributed by atoms with E-state index in [0.717, 1.165) is 38.7 Å². The van der Waals surface area contributed by atoms with E-state index < -0.39 is 0 Å². The maximum atomic E-state index is 5.37. The van der Waals surface area contributed by atoms with E-state index in [0.29, 0.717) is 0 Å². The smallest absolute Gasteiger partial charge is 0.0719 e. The van der Waals surface area contributed by atoms with Crippen LogP contribution in [0.3, 0.4) is 0 Å². The summed E-state index contributed by atoms with van der Waals surface area (Å²) in [7, 11) is 0. The predicted octanol–water partition coefficient (Wildman–Crippen LogP) is 0.518. The topological polar surface area (TPSA) is 62.3 Å². The highest BCUT2D eigenvalue weighted by Crippen LogP contribution is 1.95. The zero-order chi connectivity index (χ0) is 10.2. The summed E-state index contributed by atoms with van der Waals surface area (Å²) < 4.78 is 11.7. The summed E-state index contributed by atoms with van der Waals surface area (Å²) in [6.45, 7) is 6.02. The molecule has 0 saturated carbocycles. The maximum absolute atomic E-state index is 5.37. The van der Waals surface area contributed by atoms with Crippen molar-refractivity contribution in [3.8, 4) is 0 Å². The fraction of sp³-hybridized carbons (Fsp3) is 0.667. The quantitative estimate of drug-likeness (QED) is 0.716. The molecule has 0 radical (unpaired) electrons. The minimum Gasteiger partial charge on any atom is -0.396 e. The molecule has 80 valence electrons.